The molecule has 21 heavy (non-hydrogen) atoms. The van der Waals surface area contributed by atoms with E-state index in [1.807, 2.05) is 0 Å². The summed E-state index contributed by atoms with van der Waals surface area (Å²) in [4.78, 5) is 0.0776. The van der Waals surface area contributed by atoms with E-state index in [4.69, 9.17) is 22.1 Å². The third-order valence-electron chi connectivity index (χ3n) is 3.88. The minimum Gasteiger partial charge on any atom is -0.495 e. The Balaban J connectivity index is 2.15. The Morgan fingerprint density at radius 2 is 2.00 bits per heavy atom. The molecule has 2 rings (SSSR count). The quantitative estimate of drug-likeness (QED) is 0.866. The van der Waals surface area contributed by atoms with Crippen molar-refractivity contribution < 1.29 is 13.2 Å². The molecular formula is C14H21ClN2O3S. The number of benzene rings is 1. The predicted octanol–water partition coefficient (Wildman–Crippen LogP) is 2.29. The molecule has 1 saturated carbocycles. The Hall–Kier alpha value is -0.820. The zero-order valence-corrected chi connectivity index (χ0v) is 13.6. The predicted molar refractivity (Wildman–Crippen MR) is 83.2 cm³/mol. The van der Waals surface area contributed by atoms with E-state index in [1.165, 1.54) is 25.3 Å². The molecule has 0 radical (unpaired) electrons. The van der Waals surface area contributed by atoms with Gasteiger partial charge in [0.05, 0.1) is 7.11 Å². The molecule has 0 atom stereocenters. The van der Waals surface area contributed by atoms with Gasteiger partial charge in [-0.25, -0.2) is 13.1 Å². The maximum absolute atomic E-state index is 12.4. The van der Waals surface area contributed by atoms with Gasteiger partial charge in [0.15, 0.2) is 0 Å². The summed E-state index contributed by atoms with van der Waals surface area (Å²) in [6.07, 6.45) is 4.93. The zero-order chi connectivity index (χ0) is 15.5. The van der Waals surface area contributed by atoms with E-state index < -0.39 is 15.6 Å². The Bertz CT molecular complexity index is 598. The molecule has 0 bridgehead atoms. The number of nitrogens with one attached hydrogen (secondary N) is 1. The van der Waals surface area contributed by atoms with Crippen molar-refractivity contribution in [2.45, 2.75) is 42.5 Å². The lowest BCUT2D eigenvalue weighted by molar-refractivity contribution is 0.296. The molecule has 0 saturated heterocycles. The first-order valence-electron chi connectivity index (χ1n) is 6.98. The minimum absolute atomic E-state index is 0.0776. The summed E-state index contributed by atoms with van der Waals surface area (Å²) >= 11 is 5.85. The average Bonchev–Trinajstić information content (AvgIpc) is 2.46. The summed E-state index contributed by atoms with van der Waals surface area (Å²) < 4.78 is 32.5. The lowest BCUT2D eigenvalue weighted by Gasteiger charge is -2.33. The van der Waals surface area contributed by atoms with Crippen LogP contribution in [0.4, 0.5) is 0 Å². The van der Waals surface area contributed by atoms with Crippen molar-refractivity contribution in [2.24, 2.45) is 5.73 Å². The highest BCUT2D eigenvalue weighted by Crippen LogP contribution is 2.29. The van der Waals surface area contributed by atoms with Gasteiger partial charge in [-0.2, -0.15) is 0 Å². The van der Waals surface area contributed by atoms with Gasteiger partial charge in [-0.15, -0.1) is 0 Å². The average molecular weight is 333 g/mol. The third kappa shape index (κ3) is 4.10. The summed E-state index contributed by atoms with van der Waals surface area (Å²) in [5, 5.41) is 0.424. The largest absolute Gasteiger partial charge is 0.495 e. The molecule has 1 aromatic carbocycles. The second kappa shape index (κ2) is 6.52. The van der Waals surface area contributed by atoms with Crippen molar-refractivity contribution >= 4 is 21.6 Å². The van der Waals surface area contributed by atoms with E-state index in [-0.39, 0.29) is 17.2 Å². The van der Waals surface area contributed by atoms with Gasteiger partial charge in [0.1, 0.15) is 10.6 Å². The Morgan fingerprint density at radius 1 is 1.33 bits per heavy atom. The molecule has 118 valence electrons. The summed E-state index contributed by atoms with van der Waals surface area (Å²) in [6, 6.07) is 4.44. The monoisotopic (exact) mass is 332 g/mol. The van der Waals surface area contributed by atoms with Crippen molar-refractivity contribution in [3.63, 3.8) is 0 Å². The van der Waals surface area contributed by atoms with Crippen LogP contribution in [0.2, 0.25) is 5.02 Å². The topological polar surface area (TPSA) is 81.4 Å². The van der Waals surface area contributed by atoms with Crippen molar-refractivity contribution in [3.8, 4) is 5.75 Å². The van der Waals surface area contributed by atoms with Crippen molar-refractivity contribution in [1.29, 1.82) is 0 Å². The van der Waals surface area contributed by atoms with E-state index in [0.29, 0.717) is 5.02 Å². The van der Waals surface area contributed by atoms with Gasteiger partial charge in [-0.05, 0) is 25.0 Å². The molecule has 1 aliphatic carbocycles. The second-order valence-electron chi connectivity index (χ2n) is 5.54. The Kier molecular flexibility index (Phi) is 5.14. The summed E-state index contributed by atoms with van der Waals surface area (Å²) in [5.41, 5.74) is 5.81. The molecule has 0 heterocycles. The normalized spacial score (nSPS) is 18.4. The lowest BCUT2D eigenvalue weighted by atomic mass is 9.83. The Labute approximate surface area is 130 Å². The standard InChI is InChI=1S/C14H21ClN2O3S/c1-20-12-9-11(15)5-6-13(12)21(18,19)17-10-14(16)7-3-2-4-8-14/h5-6,9,17H,2-4,7-8,10,16H2,1H3. The highest BCUT2D eigenvalue weighted by Gasteiger charge is 2.30. The number of nitrogens with two attached hydrogens (primary N) is 1. The van der Waals surface area contributed by atoms with Crippen molar-refractivity contribution in [2.75, 3.05) is 13.7 Å². The van der Waals surface area contributed by atoms with Crippen LogP contribution in [-0.2, 0) is 10.0 Å². The molecule has 1 fully saturated rings. The molecule has 1 aliphatic rings. The molecule has 1 aromatic rings. The van der Waals surface area contributed by atoms with Crippen LogP contribution in [0.15, 0.2) is 23.1 Å². The van der Waals surface area contributed by atoms with Crippen LogP contribution in [-0.4, -0.2) is 27.6 Å². The molecule has 0 unspecified atom stereocenters. The van der Waals surface area contributed by atoms with Crippen LogP contribution in [0.25, 0.3) is 0 Å². The summed E-state index contributed by atoms with van der Waals surface area (Å²) in [5.74, 6) is 0.227. The first-order chi connectivity index (χ1) is 9.86. The van der Waals surface area contributed by atoms with E-state index in [0.717, 1.165) is 32.1 Å². The first kappa shape index (κ1) is 16.5. The molecule has 0 aliphatic heterocycles. The maximum Gasteiger partial charge on any atom is 0.244 e. The molecule has 0 spiro atoms. The zero-order valence-electron chi connectivity index (χ0n) is 12.1. The van der Waals surface area contributed by atoms with Gasteiger partial charge >= 0.3 is 0 Å². The van der Waals surface area contributed by atoms with Gasteiger partial charge < -0.3 is 10.5 Å². The number of sulfonamides is 1. The minimum atomic E-state index is -3.67. The fourth-order valence-corrected chi connectivity index (χ4v) is 4.06. The third-order valence-corrected chi connectivity index (χ3v) is 5.55. The van der Waals surface area contributed by atoms with Crippen molar-refractivity contribution in [3.05, 3.63) is 23.2 Å². The maximum atomic E-state index is 12.4. The van der Waals surface area contributed by atoms with E-state index in [1.54, 1.807) is 0 Å². The van der Waals surface area contributed by atoms with Crippen LogP contribution >= 0.6 is 11.6 Å². The number of methoxy groups -OCH3 is 1. The van der Waals surface area contributed by atoms with Gasteiger partial charge in [0, 0.05) is 23.2 Å². The van der Waals surface area contributed by atoms with Crippen LogP contribution in [0, 0.1) is 0 Å². The highest BCUT2D eigenvalue weighted by atomic mass is 35.5. The van der Waals surface area contributed by atoms with Gasteiger partial charge in [0.2, 0.25) is 10.0 Å². The number of hydrogen-bond donors (Lipinski definition) is 2. The smallest absolute Gasteiger partial charge is 0.244 e. The van der Waals surface area contributed by atoms with E-state index >= 15 is 0 Å². The molecular weight excluding hydrogens is 312 g/mol. The highest BCUT2D eigenvalue weighted by molar-refractivity contribution is 7.89. The number of halogens is 1. The Morgan fingerprint density at radius 3 is 2.62 bits per heavy atom. The van der Waals surface area contributed by atoms with Gasteiger partial charge in [0.25, 0.3) is 0 Å². The molecule has 5 nitrogen and oxygen atoms in total. The lowest BCUT2D eigenvalue weighted by Crippen LogP contribution is -2.51. The van der Waals surface area contributed by atoms with Crippen molar-refractivity contribution in [1.82, 2.24) is 4.72 Å². The number of hydrogen-bond acceptors (Lipinski definition) is 4. The van der Waals surface area contributed by atoms with Gasteiger partial charge in [-0.3, -0.25) is 0 Å². The molecule has 0 aromatic heterocycles. The first-order valence-corrected chi connectivity index (χ1v) is 8.84. The fraction of sp³-hybridized carbons (Fsp3) is 0.571. The summed E-state index contributed by atoms with van der Waals surface area (Å²) in [6.45, 7) is 0.237. The van der Waals surface area contributed by atoms with E-state index in [9.17, 15) is 8.42 Å². The molecule has 7 heteroatoms. The molecule has 0 amide bonds. The number of rotatable bonds is 5. The van der Waals surface area contributed by atoms with Crippen LogP contribution in [0.5, 0.6) is 5.75 Å². The summed E-state index contributed by atoms with van der Waals surface area (Å²) in [7, 11) is -2.26. The van der Waals surface area contributed by atoms with Crippen LogP contribution in [0.3, 0.4) is 0 Å². The van der Waals surface area contributed by atoms with Gasteiger partial charge in [-0.1, -0.05) is 30.9 Å². The van der Waals surface area contributed by atoms with Crippen LogP contribution in [0.1, 0.15) is 32.1 Å². The molecule has 3 N–H and O–H groups in total. The fourth-order valence-electron chi connectivity index (χ4n) is 2.61. The second-order valence-corrected chi connectivity index (χ2v) is 7.71. The van der Waals surface area contributed by atoms with E-state index in [2.05, 4.69) is 4.72 Å². The SMILES string of the molecule is COc1cc(Cl)ccc1S(=O)(=O)NCC1(N)CCCCC1. The van der Waals surface area contributed by atoms with Crippen LogP contribution < -0.4 is 15.2 Å². The number of ether oxygens (including phenoxy) is 1.